The van der Waals surface area contributed by atoms with E-state index in [1.165, 1.54) is 0 Å². The SMILES string of the molecule is C=C(C)C(=O)NC(C)NC. The number of carbonyl (C=O) groups is 1. The van der Waals surface area contributed by atoms with Gasteiger partial charge in [0.15, 0.2) is 0 Å². The summed E-state index contributed by atoms with van der Waals surface area (Å²) in [5.41, 5.74) is 0.530. The van der Waals surface area contributed by atoms with Crippen molar-refractivity contribution in [3.05, 3.63) is 12.2 Å². The van der Waals surface area contributed by atoms with Crippen molar-refractivity contribution in [2.45, 2.75) is 20.0 Å². The van der Waals surface area contributed by atoms with Crippen LogP contribution in [-0.4, -0.2) is 19.1 Å². The van der Waals surface area contributed by atoms with E-state index in [4.69, 9.17) is 0 Å². The number of carbonyl (C=O) groups excluding carboxylic acids is 1. The van der Waals surface area contributed by atoms with Crippen molar-refractivity contribution in [3.8, 4) is 0 Å². The second-order valence-corrected chi connectivity index (χ2v) is 2.26. The molecule has 0 radical (unpaired) electrons. The average Bonchev–Trinajstić information content (AvgIpc) is 1.87. The van der Waals surface area contributed by atoms with Crippen LogP contribution in [0.15, 0.2) is 12.2 Å². The summed E-state index contributed by atoms with van der Waals surface area (Å²) in [7, 11) is 1.78. The minimum atomic E-state index is -0.109. The molecule has 0 aliphatic heterocycles. The number of rotatable bonds is 3. The molecule has 3 heteroatoms. The van der Waals surface area contributed by atoms with Gasteiger partial charge in [-0.05, 0) is 20.9 Å². The number of nitrogens with one attached hydrogen (secondary N) is 2. The highest BCUT2D eigenvalue weighted by atomic mass is 16.1. The molecular weight excluding hydrogens is 128 g/mol. The van der Waals surface area contributed by atoms with Gasteiger partial charge in [0, 0.05) is 5.57 Å². The Hall–Kier alpha value is -0.830. The molecule has 3 nitrogen and oxygen atoms in total. The van der Waals surface area contributed by atoms with E-state index >= 15 is 0 Å². The Balaban J connectivity index is 3.68. The average molecular weight is 142 g/mol. The predicted molar refractivity (Wildman–Crippen MR) is 41.5 cm³/mol. The number of hydrogen-bond acceptors (Lipinski definition) is 2. The summed E-state index contributed by atoms with van der Waals surface area (Å²) >= 11 is 0. The van der Waals surface area contributed by atoms with E-state index in [9.17, 15) is 4.79 Å². The Bertz CT molecular complexity index is 143. The largest absolute Gasteiger partial charge is 0.337 e. The molecule has 0 spiro atoms. The molecule has 1 amide bonds. The Morgan fingerprint density at radius 2 is 2.10 bits per heavy atom. The van der Waals surface area contributed by atoms with Crippen LogP contribution in [-0.2, 0) is 4.79 Å². The van der Waals surface area contributed by atoms with E-state index in [1.54, 1.807) is 14.0 Å². The van der Waals surface area contributed by atoms with Crippen molar-refractivity contribution in [2.24, 2.45) is 0 Å². The summed E-state index contributed by atoms with van der Waals surface area (Å²) in [6, 6.07) is 0. The molecule has 0 aliphatic rings. The summed E-state index contributed by atoms with van der Waals surface area (Å²) in [5.74, 6) is -0.109. The van der Waals surface area contributed by atoms with Crippen molar-refractivity contribution < 1.29 is 4.79 Å². The molecule has 0 saturated heterocycles. The van der Waals surface area contributed by atoms with E-state index in [1.807, 2.05) is 6.92 Å². The second-order valence-electron chi connectivity index (χ2n) is 2.26. The molecule has 1 atom stereocenters. The Morgan fingerprint density at radius 3 is 2.40 bits per heavy atom. The van der Waals surface area contributed by atoms with Gasteiger partial charge in [-0.1, -0.05) is 6.58 Å². The molecule has 0 saturated carbocycles. The van der Waals surface area contributed by atoms with Gasteiger partial charge in [0.1, 0.15) is 0 Å². The van der Waals surface area contributed by atoms with Gasteiger partial charge in [0.25, 0.3) is 0 Å². The van der Waals surface area contributed by atoms with Gasteiger partial charge in [-0.15, -0.1) is 0 Å². The lowest BCUT2D eigenvalue weighted by atomic mass is 10.3. The molecule has 0 fully saturated rings. The van der Waals surface area contributed by atoms with E-state index in [2.05, 4.69) is 17.2 Å². The van der Waals surface area contributed by atoms with E-state index in [-0.39, 0.29) is 12.1 Å². The molecule has 2 N–H and O–H groups in total. The van der Waals surface area contributed by atoms with Crippen molar-refractivity contribution in [1.82, 2.24) is 10.6 Å². The van der Waals surface area contributed by atoms with Gasteiger partial charge >= 0.3 is 0 Å². The van der Waals surface area contributed by atoms with Gasteiger partial charge in [0.2, 0.25) is 5.91 Å². The summed E-state index contributed by atoms with van der Waals surface area (Å²) in [6.07, 6.45) is 0.00389. The minimum Gasteiger partial charge on any atom is -0.337 e. The van der Waals surface area contributed by atoms with Crippen molar-refractivity contribution in [1.29, 1.82) is 0 Å². The number of amides is 1. The molecule has 10 heavy (non-hydrogen) atoms. The maximum atomic E-state index is 10.9. The first-order valence-electron chi connectivity index (χ1n) is 3.21. The first-order chi connectivity index (χ1) is 4.57. The molecular formula is C7H14N2O. The summed E-state index contributed by atoms with van der Waals surface area (Å²) in [4.78, 5) is 10.9. The zero-order chi connectivity index (χ0) is 8.15. The molecule has 0 aromatic rings. The van der Waals surface area contributed by atoms with Crippen LogP contribution in [0.3, 0.4) is 0 Å². The lowest BCUT2D eigenvalue weighted by Crippen LogP contribution is -2.41. The molecule has 58 valence electrons. The first kappa shape index (κ1) is 9.17. The minimum absolute atomic E-state index is 0.00389. The highest BCUT2D eigenvalue weighted by molar-refractivity contribution is 5.92. The number of hydrogen-bond donors (Lipinski definition) is 2. The van der Waals surface area contributed by atoms with Crippen LogP contribution in [0.1, 0.15) is 13.8 Å². The quantitative estimate of drug-likeness (QED) is 0.438. The predicted octanol–water partition coefficient (Wildman–Crippen LogP) is 0.244. The zero-order valence-corrected chi connectivity index (χ0v) is 6.69. The van der Waals surface area contributed by atoms with Gasteiger partial charge in [0.05, 0.1) is 6.17 Å². The standard InChI is InChI=1S/C7H14N2O/c1-5(2)7(10)9-6(3)8-4/h6,8H,1H2,2-4H3,(H,9,10). The van der Waals surface area contributed by atoms with Crippen LogP contribution in [0, 0.1) is 0 Å². The van der Waals surface area contributed by atoms with Crippen LogP contribution < -0.4 is 10.6 Å². The van der Waals surface area contributed by atoms with Crippen LogP contribution in [0.2, 0.25) is 0 Å². The lowest BCUT2D eigenvalue weighted by Gasteiger charge is -2.11. The topological polar surface area (TPSA) is 41.1 Å². The zero-order valence-electron chi connectivity index (χ0n) is 6.69. The van der Waals surface area contributed by atoms with Crippen LogP contribution in [0.25, 0.3) is 0 Å². The lowest BCUT2D eigenvalue weighted by molar-refractivity contribution is -0.118. The third-order valence-electron chi connectivity index (χ3n) is 1.17. The molecule has 0 bridgehead atoms. The maximum absolute atomic E-state index is 10.9. The third-order valence-corrected chi connectivity index (χ3v) is 1.17. The van der Waals surface area contributed by atoms with Crippen LogP contribution >= 0.6 is 0 Å². The van der Waals surface area contributed by atoms with E-state index in [0.29, 0.717) is 5.57 Å². The van der Waals surface area contributed by atoms with Crippen molar-refractivity contribution in [2.75, 3.05) is 7.05 Å². The first-order valence-corrected chi connectivity index (χ1v) is 3.21. The highest BCUT2D eigenvalue weighted by Crippen LogP contribution is 1.85. The van der Waals surface area contributed by atoms with Gasteiger partial charge in [-0.2, -0.15) is 0 Å². The second kappa shape index (κ2) is 4.06. The van der Waals surface area contributed by atoms with Crippen molar-refractivity contribution in [3.63, 3.8) is 0 Å². The fraction of sp³-hybridized carbons (Fsp3) is 0.571. The molecule has 0 aliphatic carbocycles. The third kappa shape index (κ3) is 3.25. The van der Waals surface area contributed by atoms with Gasteiger partial charge in [-0.25, -0.2) is 0 Å². The fourth-order valence-electron chi connectivity index (χ4n) is 0.392. The van der Waals surface area contributed by atoms with Gasteiger partial charge < -0.3 is 10.6 Å². The van der Waals surface area contributed by atoms with Crippen molar-refractivity contribution >= 4 is 5.91 Å². The molecule has 0 heterocycles. The molecule has 0 aromatic carbocycles. The normalized spacial score (nSPS) is 12.3. The monoisotopic (exact) mass is 142 g/mol. The molecule has 1 unspecified atom stereocenters. The Morgan fingerprint density at radius 1 is 1.60 bits per heavy atom. The Labute approximate surface area is 61.5 Å². The molecule has 0 aromatic heterocycles. The molecule has 0 rings (SSSR count). The van der Waals surface area contributed by atoms with Gasteiger partial charge in [-0.3, -0.25) is 4.79 Å². The summed E-state index contributed by atoms with van der Waals surface area (Å²) in [6.45, 7) is 7.04. The van der Waals surface area contributed by atoms with Crippen LogP contribution in [0.4, 0.5) is 0 Å². The highest BCUT2D eigenvalue weighted by Gasteiger charge is 2.03. The maximum Gasteiger partial charge on any atom is 0.247 e. The Kier molecular flexibility index (Phi) is 3.72. The van der Waals surface area contributed by atoms with E-state index < -0.39 is 0 Å². The summed E-state index contributed by atoms with van der Waals surface area (Å²) < 4.78 is 0. The fourth-order valence-corrected chi connectivity index (χ4v) is 0.392. The smallest absolute Gasteiger partial charge is 0.247 e. The van der Waals surface area contributed by atoms with Crippen LogP contribution in [0.5, 0.6) is 0 Å². The summed E-state index contributed by atoms with van der Waals surface area (Å²) in [5, 5.41) is 5.56. The van der Waals surface area contributed by atoms with E-state index in [0.717, 1.165) is 0 Å².